The van der Waals surface area contributed by atoms with E-state index in [4.69, 9.17) is 5.73 Å². The van der Waals surface area contributed by atoms with Gasteiger partial charge in [0, 0.05) is 36.8 Å². The van der Waals surface area contributed by atoms with E-state index in [2.05, 4.69) is 20.3 Å². The fraction of sp³-hybridized carbons (Fsp3) is 0.276. The molecule has 11 heteroatoms. The number of fused-ring (bicyclic) bond motifs is 2. The van der Waals surface area contributed by atoms with Crippen molar-refractivity contribution >= 4 is 35.0 Å². The van der Waals surface area contributed by atoms with Crippen LogP contribution in [0.2, 0.25) is 0 Å². The highest BCUT2D eigenvalue weighted by Gasteiger charge is 2.33. The van der Waals surface area contributed by atoms with Gasteiger partial charge in [0.15, 0.2) is 11.6 Å². The number of nitrogens with one attached hydrogen (secondary N) is 1. The second kappa shape index (κ2) is 9.23. The van der Waals surface area contributed by atoms with E-state index < -0.39 is 18.3 Å². The molecule has 2 aromatic heterocycles. The van der Waals surface area contributed by atoms with Crippen LogP contribution in [0.4, 0.5) is 27.7 Å². The number of nitrogen functional groups attached to an aromatic ring is 1. The first-order valence-electron chi connectivity index (χ1n) is 13.3. The molecule has 4 N–H and O–H groups in total. The van der Waals surface area contributed by atoms with Gasteiger partial charge in [-0.25, -0.2) is 4.39 Å². The third-order valence-corrected chi connectivity index (χ3v) is 7.82. The first-order chi connectivity index (χ1) is 19.4. The molecule has 10 nitrogen and oxygen atoms in total. The molecule has 1 saturated carbocycles. The van der Waals surface area contributed by atoms with Crippen molar-refractivity contribution in [3.63, 3.8) is 0 Å². The molecule has 0 radical (unpaired) electrons. The van der Waals surface area contributed by atoms with Crippen LogP contribution in [0.1, 0.15) is 62.7 Å². The molecule has 0 unspecified atom stereocenters. The number of hydrogen-bond donors (Lipinski definition) is 3. The number of nitrogens with two attached hydrogens (primary N) is 1. The van der Waals surface area contributed by atoms with E-state index in [0.29, 0.717) is 60.0 Å². The number of rotatable bonds is 6. The molecular weight excluding hydrogens is 513 g/mol. The molecule has 0 bridgehead atoms. The highest BCUT2D eigenvalue weighted by molar-refractivity contribution is 6.09. The van der Waals surface area contributed by atoms with Gasteiger partial charge in [-0.1, -0.05) is 18.2 Å². The standard InChI is InChI=1S/C29H26FN7O3/c30-21-11-17(15-4-5-15)10-16-6-9-37(27(40)25(16)21)22-3-1-2-19(20(22)14-38)26-33-28(31)35-29(34-26)32-18-12-23-24(39)7-8-36(23)13-18/h1-3,10-13,15,38H,4-9,14H2,(H3,31,32,33,34,35). The summed E-state index contributed by atoms with van der Waals surface area (Å²) in [5.41, 5.74) is 10.4. The van der Waals surface area contributed by atoms with Crippen molar-refractivity contribution in [1.82, 2.24) is 19.5 Å². The molecule has 4 heterocycles. The minimum Gasteiger partial charge on any atom is -0.392 e. The maximum absolute atomic E-state index is 15.2. The van der Waals surface area contributed by atoms with Gasteiger partial charge < -0.3 is 25.6 Å². The van der Waals surface area contributed by atoms with E-state index in [1.54, 1.807) is 24.3 Å². The average Bonchev–Trinajstić information content (AvgIpc) is 3.63. The molecular formula is C29H26FN7O3. The summed E-state index contributed by atoms with van der Waals surface area (Å²) in [5.74, 6) is -0.151. The van der Waals surface area contributed by atoms with E-state index in [1.807, 2.05) is 16.8 Å². The molecule has 0 spiro atoms. The zero-order valence-corrected chi connectivity index (χ0v) is 21.5. The van der Waals surface area contributed by atoms with Crippen LogP contribution >= 0.6 is 0 Å². The lowest BCUT2D eigenvalue weighted by Crippen LogP contribution is -2.39. The Morgan fingerprint density at radius 3 is 2.70 bits per heavy atom. The van der Waals surface area contributed by atoms with Crippen LogP contribution in [0.3, 0.4) is 0 Å². The first-order valence-corrected chi connectivity index (χ1v) is 13.3. The van der Waals surface area contributed by atoms with Crippen molar-refractivity contribution in [2.45, 2.75) is 44.8 Å². The van der Waals surface area contributed by atoms with Crippen molar-refractivity contribution in [1.29, 1.82) is 0 Å². The number of Topliss-reactive ketones (excluding diaryl/α,β-unsaturated/α-hetero) is 1. The molecule has 40 heavy (non-hydrogen) atoms. The van der Waals surface area contributed by atoms with E-state index in [-0.39, 0.29) is 29.1 Å². The number of halogens is 1. The predicted octanol–water partition coefficient (Wildman–Crippen LogP) is 3.96. The summed E-state index contributed by atoms with van der Waals surface area (Å²) < 4.78 is 17.0. The van der Waals surface area contributed by atoms with Gasteiger partial charge in [-0.15, -0.1) is 0 Å². The molecule has 0 atom stereocenters. The molecule has 202 valence electrons. The highest BCUT2D eigenvalue weighted by Crippen LogP contribution is 2.42. The Labute approximate surface area is 228 Å². The Morgan fingerprint density at radius 1 is 1.07 bits per heavy atom. The zero-order chi connectivity index (χ0) is 27.5. The summed E-state index contributed by atoms with van der Waals surface area (Å²) >= 11 is 0. The number of hydrogen-bond acceptors (Lipinski definition) is 8. The lowest BCUT2D eigenvalue weighted by molar-refractivity contribution is 0.0973. The number of aliphatic hydroxyl groups is 1. The van der Waals surface area contributed by atoms with Gasteiger partial charge in [0.05, 0.1) is 29.2 Å². The Bertz CT molecular complexity index is 1710. The number of nitrogens with zero attached hydrogens (tertiary/aromatic N) is 5. The number of ketones is 1. The van der Waals surface area contributed by atoms with Crippen LogP contribution in [0.25, 0.3) is 11.4 Å². The predicted molar refractivity (Wildman–Crippen MR) is 146 cm³/mol. The summed E-state index contributed by atoms with van der Waals surface area (Å²) in [7, 11) is 0. The van der Waals surface area contributed by atoms with Crippen molar-refractivity contribution in [2.24, 2.45) is 0 Å². The van der Waals surface area contributed by atoms with E-state index in [1.165, 1.54) is 11.0 Å². The Balaban J connectivity index is 1.23. The minimum atomic E-state index is -0.505. The molecule has 1 amide bonds. The fourth-order valence-electron chi connectivity index (χ4n) is 5.72. The summed E-state index contributed by atoms with van der Waals surface area (Å²) in [6.45, 7) is 0.562. The quantitative estimate of drug-likeness (QED) is 0.335. The van der Waals surface area contributed by atoms with Gasteiger partial charge in [0.25, 0.3) is 5.91 Å². The second-order valence-corrected chi connectivity index (χ2v) is 10.4. The lowest BCUT2D eigenvalue weighted by atomic mass is 9.93. The van der Waals surface area contributed by atoms with Crippen molar-refractivity contribution in [3.8, 4) is 11.4 Å². The number of benzene rings is 2. The number of aromatic nitrogens is 4. The smallest absolute Gasteiger partial charge is 0.261 e. The Morgan fingerprint density at radius 2 is 1.93 bits per heavy atom. The number of aryl methyl sites for hydroxylation is 1. The third kappa shape index (κ3) is 4.10. The van der Waals surface area contributed by atoms with Crippen LogP contribution in [0.5, 0.6) is 0 Å². The van der Waals surface area contributed by atoms with Crippen LogP contribution in [-0.4, -0.2) is 42.9 Å². The molecule has 0 saturated heterocycles. The lowest BCUT2D eigenvalue weighted by Gasteiger charge is -2.31. The number of aliphatic hydroxyl groups excluding tert-OH is 1. The second-order valence-electron chi connectivity index (χ2n) is 10.4. The largest absolute Gasteiger partial charge is 0.392 e. The number of amides is 1. The number of carbonyl (C=O) groups is 2. The van der Waals surface area contributed by atoms with Gasteiger partial charge in [-0.05, 0) is 54.5 Å². The fourth-order valence-corrected chi connectivity index (χ4v) is 5.72. The van der Waals surface area contributed by atoms with Gasteiger partial charge in [-0.3, -0.25) is 9.59 Å². The SMILES string of the molecule is Nc1nc(Nc2cc3n(c2)CCC3=O)nc(-c2cccc(N3CCc4cc(C5CC5)cc(F)c4C3=O)c2CO)n1. The minimum absolute atomic E-state index is 0.0406. The summed E-state index contributed by atoms with van der Waals surface area (Å²) in [5, 5.41) is 13.5. The number of carbonyl (C=O) groups excluding carboxylic acids is 2. The van der Waals surface area contributed by atoms with Crippen molar-refractivity contribution in [2.75, 3.05) is 22.5 Å². The molecule has 3 aliphatic rings. The summed E-state index contributed by atoms with van der Waals surface area (Å²) in [6.07, 6.45) is 4.91. The molecule has 2 aromatic carbocycles. The average molecular weight is 540 g/mol. The first kappa shape index (κ1) is 24.4. The van der Waals surface area contributed by atoms with Crippen LogP contribution in [0, 0.1) is 5.82 Å². The van der Waals surface area contributed by atoms with Crippen LogP contribution < -0.4 is 16.0 Å². The maximum Gasteiger partial charge on any atom is 0.261 e. The highest BCUT2D eigenvalue weighted by atomic mass is 19.1. The summed E-state index contributed by atoms with van der Waals surface area (Å²) in [6, 6.07) is 10.4. The molecule has 2 aliphatic heterocycles. The summed E-state index contributed by atoms with van der Waals surface area (Å²) in [4.78, 5) is 40.1. The van der Waals surface area contributed by atoms with E-state index >= 15 is 4.39 Å². The van der Waals surface area contributed by atoms with Crippen LogP contribution in [-0.2, 0) is 19.6 Å². The van der Waals surface area contributed by atoms with Crippen molar-refractivity contribution in [3.05, 3.63) is 76.4 Å². The van der Waals surface area contributed by atoms with Gasteiger partial charge in [0.2, 0.25) is 11.9 Å². The van der Waals surface area contributed by atoms with Gasteiger partial charge >= 0.3 is 0 Å². The van der Waals surface area contributed by atoms with Gasteiger partial charge in [-0.2, -0.15) is 15.0 Å². The maximum atomic E-state index is 15.2. The topological polar surface area (TPSA) is 139 Å². The molecule has 4 aromatic rings. The Hall–Kier alpha value is -4.64. The van der Waals surface area contributed by atoms with Crippen LogP contribution in [0.15, 0.2) is 42.6 Å². The van der Waals surface area contributed by atoms with Crippen molar-refractivity contribution < 1.29 is 19.1 Å². The monoisotopic (exact) mass is 539 g/mol. The third-order valence-electron chi connectivity index (χ3n) is 7.82. The number of anilines is 4. The van der Waals surface area contributed by atoms with Gasteiger partial charge in [0.1, 0.15) is 5.82 Å². The van der Waals surface area contributed by atoms with E-state index in [9.17, 15) is 14.7 Å². The molecule has 1 aliphatic carbocycles. The Kier molecular flexibility index (Phi) is 5.63. The normalized spacial score (nSPS) is 16.3. The molecule has 1 fully saturated rings. The van der Waals surface area contributed by atoms with E-state index in [0.717, 1.165) is 24.0 Å². The molecule has 7 rings (SSSR count). The zero-order valence-electron chi connectivity index (χ0n) is 21.5.